The van der Waals surface area contributed by atoms with E-state index in [1.165, 1.54) is 4.90 Å². The molecule has 0 saturated heterocycles. The first-order chi connectivity index (χ1) is 19.1. The fourth-order valence-corrected chi connectivity index (χ4v) is 8.24. The lowest BCUT2D eigenvalue weighted by molar-refractivity contribution is -0.137. The van der Waals surface area contributed by atoms with E-state index in [-0.39, 0.29) is 38.9 Å². The number of pyridine rings is 1. The van der Waals surface area contributed by atoms with E-state index in [4.69, 9.17) is 4.98 Å². The van der Waals surface area contributed by atoms with Crippen LogP contribution in [0.1, 0.15) is 63.7 Å². The van der Waals surface area contributed by atoms with Gasteiger partial charge in [-0.1, -0.05) is 0 Å². The van der Waals surface area contributed by atoms with Crippen LogP contribution in [0.15, 0.2) is 23.2 Å². The Balaban J connectivity index is 1.31. The lowest BCUT2D eigenvalue weighted by Gasteiger charge is -2.20. The summed E-state index contributed by atoms with van der Waals surface area (Å²) in [6.07, 6.45) is 0.208. The topological polar surface area (TPSA) is 117 Å². The molecule has 0 bridgehead atoms. The maximum Gasteiger partial charge on any atom is 0.420 e. The van der Waals surface area contributed by atoms with E-state index in [2.05, 4.69) is 26.7 Å². The first-order valence-electron chi connectivity index (χ1n) is 13.2. The van der Waals surface area contributed by atoms with Crippen LogP contribution in [-0.4, -0.2) is 59.1 Å². The molecule has 2 saturated carbocycles. The van der Waals surface area contributed by atoms with Crippen LogP contribution in [0.4, 0.5) is 24.9 Å². The second-order valence-electron chi connectivity index (χ2n) is 10.7. The van der Waals surface area contributed by atoms with Gasteiger partial charge in [-0.05, 0) is 54.9 Å². The number of alkyl halides is 3. The van der Waals surface area contributed by atoms with Gasteiger partial charge in [0.05, 0.1) is 21.2 Å². The van der Waals surface area contributed by atoms with Crippen molar-refractivity contribution in [1.29, 1.82) is 0 Å². The van der Waals surface area contributed by atoms with Gasteiger partial charge >= 0.3 is 6.18 Å². The van der Waals surface area contributed by atoms with Crippen molar-refractivity contribution in [3.05, 3.63) is 45.6 Å². The number of hydrogen-bond donors (Lipinski definition) is 2. The Hall–Kier alpha value is -3.10. The van der Waals surface area contributed by atoms with Crippen LogP contribution in [0.5, 0.6) is 0 Å². The Bertz CT molecular complexity index is 1650. The summed E-state index contributed by atoms with van der Waals surface area (Å²) in [5.41, 5.74) is 1.43. The highest BCUT2D eigenvalue weighted by Crippen LogP contribution is 2.45. The fraction of sp³-hybridized carbons (Fsp3) is 0.462. The van der Waals surface area contributed by atoms with Gasteiger partial charge in [-0.3, -0.25) is 4.79 Å². The summed E-state index contributed by atoms with van der Waals surface area (Å²) in [7, 11) is -3.87. The monoisotopic (exact) mass is 590 g/mol. The highest BCUT2D eigenvalue weighted by atomic mass is 32.2. The van der Waals surface area contributed by atoms with Crippen LogP contribution in [0.25, 0.3) is 10.6 Å². The molecular formula is C26H25F3N6O3S2. The summed E-state index contributed by atoms with van der Waals surface area (Å²) >= 11 is 0.732. The minimum Gasteiger partial charge on any atom is -0.334 e. The van der Waals surface area contributed by atoms with Gasteiger partial charge in [-0.15, -0.1) is 11.3 Å². The van der Waals surface area contributed by atoms with Gasteiger partial charge in [0.15, 0.2) is 9.84 Å². The van der Waals surface area contributed by atoms with E-state index in [1.54, 1.807) is 0 Å². The molecule has 0 unspecified atom stereocenters. The number of amides is 1. The van der Waals surface area contributed by atoms with Crippen LogP contribution in [0.2, 0.25) is 0 Å². The smallest absolute Gasteiger partial charge is 0.334 e. The molecule has 1 amide bonds. The molecule has 2 N–H and O–H groups in total. The minimum atomic E-state index is -4.80. The molecule has 2 aliphatic carbocycles. The quantitative estimate of drug-likeness (QED) is 0.453. The third-order valence-electron chi connectivity index (χ3n) is 7.73. The number of nitrogens with zero attached hydrogens (tertiary/aromatic N) is 4. The van der Waals surface area contributed by atoms with E-state index < -0.39 is 33.2 Å². The Kier molecular flexibility index (Phi) is 5.95. The van der Waals surface area contributed by atoms with Crippen molar-refractivity contribution in [3.63, 3.8) is 0 Å². The zero-order chi connectivity index (χ0) is 27.8. The number of fused-ring (bicyclic) bond motifs is 2. The van der Waals surface area contributed by atoms with Crippen LogP contribution in [-0.2, 0) is 29.0 Å². The molecule has 2 fully saturated rings. The molecule has 4 aliphatic rings. The molecule has 5 heterocycles. The van der Waals surface area contributed by atoms with Crippen molar-refractivity contribution in [3.8, 4) is 10.6 Å². The standard InChI is InChI=1S/C26H25F3N6O3S2/c27-26(28,29)17-12-31-25(34-23-16(13-1-2-13)9-14-11-30-6-5-18(14)32-23)33-21(17)19-10-20-22(39-19)24(36)35(15-3-4-15)7-8-40(20,37)38/h9-10,12-13,15,30H,1-8,11H2,(H,31,32,33,34). The molecule has 210 valence electrons. The number of carbonyl (C=O) groups is 1. The predicted octanol–water partition coefficient (Wildman–Crippen LogP) is 4.28. The third kappa shape index (κ3) is 4.65. The Labute approximate surface area is 232 Å². The first-order valence-corrected chi connectivity index (χ1v) is 15.7. The van der Waals surface area contributed by atoms with Gasteiger partial charge in [0.2, 0.25) is 5.95 Å². The molecule has 14 heteroatoms. The van der Waals surface area contributed by atoms with Crippen LogP contribution in [0.3, 0.4) is 0 Å². The van der Waals surface area contributed by atoms with Gasteiger partial charge in [0.25, 0.3) is 5.91 Å². The number of carbonyl (C=O) groups excluding carboxylic acids is 1. The third-order valence-corrected chi connectivity index (χ3v) is 10.7. The van der Waals surface area contributed by atoms with E-state index in [1.807, 2.05) is 0 Å². The van der Waals surface area contributed by atoms with Crippen molar-refractivity contribution in [2.24, 2.45) is 0 Å². The Morgan fingerprint density at radius 3 is 2.65 bits per heavy atom. The predicted molar refractivity (Wildman–Crippen MR) is 141 cm³/mol. The number of sulfone groups is 1. The molecule has 3 aromatic heterocycles. The van der Waals surface area contributed by atoms with Gasteiger partial charge in [-0.25, -0.2) is 23.4 Å². The van der Waals surface area contributed by atoms with Crippen molar-refractivity contribution in [1.82, 2.24) is 25.2 Å². The fourth-order valence-electron chi connectivity index (χ4n) is 5.33. The van der Waals surface area contributed by atoms with E-state index in [0.717, 1.165) is 72.9 Å². The van der Waals surface area contributed by atoms with Crippen molar-refractivity contribution in [2.45, 2.75) is 61.7 Å². The average Bonchev–Trinajstić information content (AvgIpc) is 3.85. The zero-order valence-corrected chi connectivity index (χ0v) is 22.8. The van der Waals surface area contributed by atoms with Crippen molar-refractivity contribution >= 4 is 38.8 Å². The number of nitrogens with one attached hydrogen (secondary N) is 2. The van der Waals surface area contributed by atoms with Crippen molar-refractivity contribution in [2.75, 3.05) is 24.2 Å². The highest BCUT2D eigenvalue weighted by molar-refractivity contribution is 7.91. The maximum atomic E-state index is 14.1. The summed E-state index contributed by atoms with van der Waals surface area (Å²) < 4.78 is 68.4. The number of hydrogen-bond acceptors (Lipinski definition) is 9. The normalized spacial score (nSPS) is 20.6. The van der Waals surface area contributed by atoms with Crippen LogP contribution >= 0.6 is 11.3 Å². The molecule has 0 radical (unpaired) electrons. The SMILES string of the molecule is O=C1c2sc(-c3nc(Nc4nc5c(cc4C4CC4)CNCC5)ncc3C(F)(F)F)cc2S(=O)(=O)CCN1C1CC1. The molecular weight excluding hydrogens is 565 g/mol. The van der Waals surface area contributed by atoms with Gasteiger partial charge in [-0.2, -0.15) is 13.2 Å². The van der Waals surface area contributed by atoms with Gasteiger partial charge < -0.3 is 15.5 Å². The first kappa shape index (κ1) is 25.8. The average molecular weight is 591 g/mol. The summed E-state index contributed by atoms with van der Waals surface area (Å²) in [6.45, 7) is 1.57. The van der Waals surface area contributed by atoms with E-state index in [9.17, 15) is 26.4 Å². The summed E-state index contributed by atoms with van der Waals surface area (Å²) in [5.74, 6) is 0.0228. The molecule has 0 spiro atoms. The number of rotatable bonds is 5. The number of anilines is 2. The largest absolute Gasteiger partial charge is 0.420 e. The highest BCUT2D eigenvalue weighted by Gasteiger charge is 2.42. The zero-order valence-electron chi connectivity index (χ0n) is 21.2. The van der Waals surface area contributed by atoms with Crippen LogP contribution in [0, 0.1) is 0 Å². The molecule has 0 aromatic carbocycles. The van der Waals surface area contributed by atoms with E-state index in [0.29, 0.717) is 24.5 Å². The molecule has 2 aliphatic heterocycles. The Morgan fingerprint density at radius 2 is 1.93 bits per heavy atom. The second kappa shape index (κ2) is 9.21. The number of aromatic nitrogens is 3. The molecule has 40 heavy (non-hydrogen) atoms. The second-order valence-corrected chi connectivity index (χ2v) is 13.8. The Morgan fingerprint density at radius 1 is 1.12 bits per heavy atom. The maximum absolute atomic E-state index is 14.1. The summed E-state index contributed by atoms with van der Waals surface area (Å²) in [4.78, 5) is 27.4. The minimum absolute atomic E-state index is 0.0275. The van der Waals surface area contributed by atoms with Crippen LogP contribution < -0.4 is 10.6 Å². The van der Waals surface area contributed by atoms with Crippen molar-refractivity contribution < 1.29 is 26.4 Å². The van der Waals surface area contributed by atoms with E-state index >= 15 is 0 Å². The lowest BCUT2D eigenvalue weighted by Crippen LogP contribution is -2.34. The summed E-state index contributed by atoms with van der Waals surface area (Å²) in [5, 5.41) is 6.38. The number of thiophene rings is 1. The molecule has 7 rings (SSSR count). The summed E-state index contributed by atoms with van der Waals surface area (Å²) in [6, 6.07) is 3.23. The lowest BCUT2D eigenvalue weighted by atomic mass is 10.0. The molecule has 0 atom stereocenters. The van der Waals surface area contributed by atoms with Gasteiger partial charge in [0, 0.05) is 44.0 Å². The number of halogens is 3. The van der Waals surface area contributed by atoms with Gasteiger partial charge in [0.1, 0.15) is 16.3 Å². The molecule has 3 aromatic rings. The molecule has 9 nitrogen and oxygen atoms in total.